The van der Waals surface area contributed by atoms with Crippen molar-refractivity contribution in [1.82, 2.24) is 10.2 Å². The van der Waals surface area contributed by atoms with Gasteiger partial charge in [-0.2, -0.15) is 0 Å². The fraction of sp³-hybridized carbons (Fsp3) is 0.462. The minimum absolute atomic E-state index is 0.0737. The van der Waals surface area contributed by atoms with Crippen molar-refractivity contribution in [2.24, 2.45) is 0 Å². The molecule has 18 heavy (non-hydrogen) atoms. The molecule has 0 fully saturated rings. The van der Waals surface area contributed by atoms with E-state index >= 15 is 0 Å². The number of anilines is 1. The van der Waals surface area contributed by atoms with Crippen molar-refractivity contribution in [3.05, 3.63) is 28.8 Å². The molecule has 1 rings (SSSR count). The highest BCUT2D eigenvalue weighted by Gasteiger charge is 2.17. The van der Waals surface area contributed by atoms with Crippen molar-refractivity contribution in [3.63, 3.8) is 0 Å². The first kappa shape index (κ1) is 14.8. The number of rotatable bonds is 6. The van der Waals surface area contributed by atoms with E-state index < -0.39 is 0 Å². The lowest BCUT2D eigenvalue weighted by atomic mass is 10.1. The molecular weight excluding hydrogens is 250 g/mol. The Hall–Kier alpha value is -1.26. The average molecular weight is 270 g/mol. The van der Waals surface area contributed by atoms with Crippen LogP contribution >= 0.6 is 11.6 Å². The third kappa shape index (κ3) is 3.62. The summed E-state index contributed by atoms with van der Waals surface area (Å²) in [6.45, 7) is 6.96. The molecule has 0 aromatic heterocycles. The van der Waals surface area contributed by atoms with Crippen LogP contribution in [-0.4, -0.2) is 37.0 Å². The van der Waals surface area contributed by atoms with E-state index in [1.807, 2.05) is 13.8 Å². The molecule has 0 radical (unpaired) electrons. The number of likely N-dealkylation sites (N-methyl/N-ethyl adjacent to an activating group) is 2. The molecular formula is C13H20ClN3O. The van der Waals surface area contributed by atoms with Crippen molar-refractivity contribution < 1.29 is 4.79 Å². The zero-order valence-corrected chi connectivity index (χ0v) is 11.6. The smallest absolute Gasteiger partial charge is 0.256 e. The van der Waals surface area contributed by atoms with Gasteiger partial charge in [-0.05, 0) is 25.6 Å². The first-order chi connectivity index (χ1) is 8.61. The molecule has 1 aromatic rings. The first-order valence-corrected chi connectivity index (χ1v) is 6.53. The molecule has 0 bridgehead atoms. The average Bonchev–Trinajstić information content (AvgIpc) is 2.37. The fourth-order valence-corrected chi connectivity index (χ4v) is 1.86. The monoisotopic (exact) mass is 269 g/mol. The number of para-hydroxylation sites is 1. The molecule has 0 unspecified atom stereocenters. The molecule has 0 atom stereocenters. The van der Waals surface area contributed by atoms with E-state index in [1.54, 1.807) is 23.1 Å². The third-order valence-corrected chi connectivity index (χ3v) is 3.09. The lowest BCUT2D eigenvalue weighted by Crippen LogP contribution is -2.37. The highest BCUT2D eigenvalue weighted by atomic mass is 35.5. The molecule has 0 heterocycles. The summed E-state index contributed by atoms with van der Waals surface area (Å²) in [6.07, 6.45) is 0. The maximum absolute atomic E-state index is 12.3. The van der Waals surface area contributed by atoms with E-state index in [0.29, 0.717) is 29.4 Å². The molecule has 0 aliphatic carbocycles. The number of benzene rings is 1. The highest BCUT2D eigenvalue weighted by Crippen LogP contribution is 2.23. The molecule has 100 valence electrons. The fourth-order valence-electron chi connectivity index (χ4n) is 1.69. The normalized spacial score (nSPS) is 10.4. The predicted molar refractivity (Wildman–Crippen MR) is 76.0 cm³/mol. The second-order valence-electron chi connectivity index (χ2n) is 3.94. The van der Waals surface area contributed by atoms with Crippen LogP contribution in [0.4, 0.5) is 5.69 Å². The van der Waals surface area contributed by atoms with E-state index in [0.717, 1.165) is 13.1 Å². The van der Waals surface area contributed by atoms with E-state index in [9.17, 15) is 4.79 Å². The number of nitrogen functional groups attached to an aromatic ring is 1. The van der Waals surface area contributed by atoms with E-state index in [-0.39, 0.29) is 5.91 Å². The maximum Gasteiger partial charge on any atom is 0.256 e. The minimum Gasteiger partial charge on any atom is -0.397 e. The Bertz CT molecular complexity index is 409. The van der Waals surface area contributed by atoms with Crippen molar-refractivity contribution >= 4 is 23.2 Å². The van der Waals surface area contributed by atoms with Crippen LogP contribution in [-0.2, 0) is 0 Å². The zero-order valence-electron chi connectivity index (χ0n) is 10.9. The van der Waals surface area contributed by atoms with Crippen molar-refractivity contribution in [3.8, 4) is 0 Å². The van der Waals surface area contributed by atoms with Crippen LogP contribution < -0.4 is 11.1 Å². The summed E-state index contributed by atoms with van der Waals surface area (Å²) in [5, 5.41) is 3.61. The van der Waals surface area contributed by atoms with Gasteiger partial charge in [0.25, 0.3) is 5.91 Å². The number of nitrogens with one attached hydrogen (secondary N) is 1. The summed E-state index contributed by atoms with van der Waals surface area (Å²) in [7, 11) is 0. The van der Waals surface area contributed by atoms with E-state index in [2.05, 4.69) is 5.32 Å². The number of halogens is 1. The SMILES string of the molecule is CCNCCN(CC)C(=O)c1cccc(Cl)c1N. The molecule has 1 amide bonds. The Morgan fingerprint density at radius 2 is 2.17 bits per heavy atom. The van der Waals surface area contributed by atoms with Crippen molar-refractivity contribution in [1.29, 1.82) is 0 Å². The molecule has 4 nitrogen and oxygen atoms in total. The van der Waals surface area contributed by atoms with Gasteiger partial charge in [0, 0.05) is 19.6 Å². The number of amides is 1. The summed E-state index contributed by atoms with van der Waals surface area (Å²) in [4.78, 5) is 14.1. The number of carbonyl (C=O) groups excluding carboxylic acids is 1. The molecule has 0 saturated carbocycles. The van der Waals surface area contributed by atoms with Gasteiger partial charge >= 0.3 is 0 Å². The lowest BCUT2D eigenvalue weighted by molar-refractivity contribution is 0.0767. The lowest BCUT2D eigenvalue weighted by Gasteiger charge is -2.22. The number of hydrogen-bond acceptors (Lipinski definition) is 3. The topological polar surface area (TPSA) is 58.4 Å². The zero-order chi connectivity index (χ0) is 13.5. The predicted octanol–water partition coefficient (Wildman–Crippen LogP) is 1.99. The summed E-state index contributed by atoms with van der Waals surface area (Å²) in [6, 6.07) is 5.13. The number of nitrogens with two attached hydrogens (primary N) is 1. The first-order valence-electron chi connectivity index (χ1n) is 6.15. The summed E-state index contributed by atoms with van der Waals surface area (Å²) < 4.78 is 0. The largest absolute Gasteiger partial charge is 0.397 e. The Balaban J connectivity index is 2.80. The van der Waals surface area contributed by atoms with Crippen LogP contribution in [0, 0.1) is 0 Å². The second kappa shape index (κ2) is 7.24. The highest BCUT2D eigenvalue weighted by molar-refractivity contribution is 6.33. The standard InChI is InChI=1S/C13H20ClN3O/c1-3-16-8-9-17(4-2)13(18)10-6-5-7-11(14)12(10)15/h5-7,16H,3-4,8-9,15H2,1-2H3. The van der Waals surface area contributed by atoms with Gasteiger partial charge < -0.3 is 16.0 Å². The number of hydrogen-bond donors (Lipinski definition) is 2. The van der Waals surface area contributed by atoms with Gasteiger partial charge in [-0.3, -0.25) is 4.79 Å². The maximum atomic E-state index is 12.3. The van der Waals surface area contributed by atoms with Gasteiger partial charge in [0.05, 0.1) is 16.3 Å². The third-order valence-electron chi connectivity index (χ3n) is 2.76. The van der Waals surface area contributed by atoms with Crippen LogP contribution in [0.15, 0.2) is 18.2 Å². The van der Waals surface area contributed by atoms with Crippen molar-refractivity contribution in [2.45, 2.75) is 13.8 Å². The minimum atomic E-state index is -0.0737. The molecule has 0 spiro atoms. The Kier molecular flexibility index (Phi) is 5.95. The van der Waals surface area contributed by atoms with Crippen LogP contribution in [0.25, 0.3) is 0 Å². The molecule has 1 aromatic carbocycles. The van der Waals surface area contributed by atoms with Crippen LogP contribution in [0.3, 0.4) is 0 Å². The van der Waals surface area contributed by atoms with Gasteiger partial charge in [-0.1, -0.05) is 24.6 Å². The second-order valence-corrected chi connectivity index (χ2v) is 4.35. The molecule has 5 heteroatoms. The molecule has 0 saturated heterocycles. The molecule has 0 aliphatic rings. The van der Waals surface area contributed by atoms with E-state index in [4.69, 9.17) is 17.3 Å². The molecule has 0 aliphatic heterocycles. The summed E-state index contributed by atoms with van der Waals surface area (Å²) in [5.74, 6) is -0.0737. The van der Waals surface area contributed by atoms with Gasteiger partial charge in [0.1, 0.15) is 0 Å². The Morgan fingerprint density at radius 1 is 1.44 bits per heavy atom. The van der Waals surface area contributed by atoms with Gasteiger partial charge in [-0.15, -0.1) is 0 Å². The Labute approximate surface area is 113 Å². The van der Waals surface area contributed by atoms with Crippen LogP contribution in [0.5, 0.6) is 0 Å². The van der Waals surface area contributed by atoms with E-state index in [1.165, 1.54) is 0 Å². The summed E-state index contributed by atoms with van der Waals surface area (Å²) >= 11 is 5.92. The van der Waals surface area contributed by atoms with Gasteiger partial charge in [0.2, 0.25) is 0 Å². The number of carbonyl (C=O) groups is 1. The summed E-state index contributed by atoms with van der Waals surface area (Å²) in [5.41, 5.74) is 6.66. The Morgan fingerprint density at radius 3 is 2.78 bits per heavy atom. The molecule has 3 N–H and O–H groups in total. The van der Waals surface area contributed by atoms with Crippen molar-refractivity contribution in [2.75, 3.05) is 31.9 Å². The van der Waals surface area contributed by atoms with Crippen LogP contribution in [0.2, 0.25) is 5.02 Å². The van der Waals surface area contributed by atoms with Crippen LogP contribution in [0.1, 0.15) is 24.2 Å². The van der Waals surface area contributed by atoms with Gasteiger partial charge in [0.15, 0.2) is 0 Å². The number of nitrogens with zero attached hydrogens (tertiary/aromatic N) is 1. The quantitative estimate of drug-likeness (QED) is 0.613. The van der Waals surface area contributed by atoms with Gasteiger partial charge in [-0.25, -0.2) is 0 Å².